The lowest BCUT2D eigenvalue weighted by atomic mass is 9.87. The number of carbonyl (C=O) groups excluding carboxylic acids is 1. The molecule has 1 heterocycles. The number of sulfonamides is 1. The SMILES string of the molecule is CCCCN(CC(=O)N(CCc1ccc(OC)c(OC)c1)Cc1ccc(C)s1)S(=O)(=O)c1ccc(C(C)(C)C)cc1. The van der Waals surface area contributed by atoms with E-state index in [2.05, 4.69) is 20.8 Å². The zero-order valence-electron chi connectivity index (χ0n) is 25.4. The first-order chi connectivity index (χ1) is 19.4. The summed E-state index contributed by atoms with van der Waals surface area (Å²) in [6, 6.07) is 16.8. The van der Waals surface area contributed by atoms with Crippen LogP contribution in [-0.4, -0.2) is 57.4 Å². The molecule has 0 saturated carbocycles. The number of amides is 1. The minimum atomic E-state index is -3.86. The van der Waals surface area contributed by atoms with E-state index in [-0.39, 0.29) is 29.3 Å². The molecule has 0 aliphatic heterocycles. The van der Waals surface area contributed by atoms with Crippen molar-refractivity contribution in [3.63, 3.8) is 0 Å². The highest BCUT2D eigenvalue weighted by Crippen LogP contribution is 2.28. The Labute approximate surface area is 250 Å². The molecule has 0 unspecified atom stereocenters. The molecule has 0 aliphatic rings. The molecule has 224 valence electrons. The third-order valence-electron chi connectivity index (χ3n) is 7.04. The molecule has 0 spiro atoms. The Morgan fingerprint density at radius 2 is 1.61 bits per heavy atom. The van der Waals surface area contributed by atoms with Gasteiger partial charge in [-0.15, -0.1) is 11.3 Å². The Kier molecular flexibility index (Phi) is 11.4. The smallest absolute Gasteiger partial charge is 0.243 e. The van der Waals surface area contributed by atoms with E-state index in [0.29, 0.717) is 37.4 Å². The fraction of sp³-hybridized carbons (Fsp3) is 0.469. The zero-order valence-corrected chi connectivity index (χ0v) is 27.0. The highest BCUT2D eigenvalue weighted by molar-refractivity contribution is 7.89. The Morgan fingerprint density at radius 1 is 0.927 bits per heavy atom. The third kappa shape index (κ3) is 8.80. The lowest BCUT2D eigenvalue weighted by molar-refractivity contribution is -0.132. The first kappa shape index (κ1) is 32.6. The first-order valence-electron chi connectivity index (χ1n) is 14.0. The number of carbonyl (C=O) groups is 1. The van der Waals surface area contributed by atoms with Crippen molar-refractivity contribution in [3.8, 4) is 11.5 Å². The second kappa shape index (κ2) is 14.3. The second-order valence-corrected chi connectivity index (χ2v) is 14.5. The number of aryl methyl sites for hydroxylation is 1. The molecule has 0 radical (unpaired) electrons. The maximum absolute atomic E-state index is 13.8. The molecule has 2 aromatic carbocycles. The van der Waals surface area contributed by atoms with Crippen LogP contribution in [0.25, 0.3) is 0 Å². The topological polar surface area (TPSA) is 76.2 Å². The molecule has 0 fully saturated rings. The fourth-order valence-electron chi connectivity index (χ4n) is 4.50. The van der Waals surface area contributed by atoms with Crippen molar-refractivity contribution >= 4 is 27.3 Å². The highest BCUT2D eigenvalue weighted by Gasteiger charge is 2.29. The number of hydrogen-bond donors (Lipinski definition) is 0. The molecule has 7 nitrogen and oxygen atoms in total. The minimum absolute atomic E-state index is 0.0886. The summed E-state index contributed by atoms with van der Waals surface area (Å²) in [7, 11) is -0.667. The quantitative estimate of drug-likeness (QED) is 0.213. The third-order valence-corrected chi connectivity index (χ3v) is 9.89. The van der Waals surface area contributed by atoms with Crippen LogP contribution in [0.2, 0.25) is 0 Å². The van der Waals surface area contributed by atoms with Gasteiger partial charge in [0.15, 0.2) is 11.5 Å². The normalized spacial score (nSPS) is 12.0. The van der Waals surface area contributed by atoms with Gasteiger partial charge in [-0.05, 0) is 72.7 Å². The fourth-order valence-corrected chi connectivity index (χ4v) is 6.83. The molecule has 0 bridgehead atoms. The Morgan fingerprint density at radius 3 is 2.17 bits per heavy atom. The second-order valence-electron chi connectivity index (χ2n) is 11.2. The van der Waals surface area contributed by atoms with E-state index < -0.39 is 10.0 Å². The van der Waals surface area contributed by atoms with Gasteiger partial charge in [0.05, 0.1) is 32.2 Å². The Balaban J connectivity index is 1.85. The molecule has 0 saturated heterocycles. The van der Waals surface area contributed by atoms with Gasteiger partial charge in [-0.1, -0.05) is 52.3 Å². The Hall–Kier alpha value is -2.88. The largest absolute Gasteiger partial charge is 0.493 e. The Bertz CT molecular complexity index is 1390. The summed E-state index contributed by atoms with van der Waals surface area (Å²) in [6.45, 7) is 11.3. The van der Waals surface area contributed by atoms with E-state index in [1.807, 2.05) is 56.3 Å². The van der Waals surface area contributed by atoms with Crippen LogP contribution in [0.5, 0.6) is 11.5 Å². The van der Waals surface area contributed by atoms with E-state index in [9.17, 15) is 13.2 Å². The lowest BCUT2D eigenvalue weighted by Gasteiger charge is -2.27. The van der Waals surface area contributed by atoms with Crippen LogP contribution in [-0.2, 0) is 33.2 Å². The molecule has 0 N–H and O–H groups in total. The summed E-state index contributed by atoms with van der Waals surface area (Å²) in [5, 5.41) is 0. The van der Waals surface area contributed by atoms with Gasteiger partial charge in [0.2, 0.25) is 15.9 Å². The molecular formula is C32H44N2O5S2. The number of thiophene rings is 1. The van der Waals surface area contributed by atoms with Crippen molar-refractivity contribution in [2.24, 2.45) is 0 Å². The number of ether oxygens (including phenoxy) is 2. The van der Waals surface area contributed by atoms with Gasteiger partial charge < -0.3 is 14.4 Å². The van der Waals surface area contributed by atoms with Gasteiger partial charge in [-0.25, -0.2) is 8.42 Å². The predicted molar refractivity (Wildman–Crippen MR) is 167 cm³/mol. The molecule has 3 aromatic rings. The predicted octanol–water partition coefficient (Wildman–Crippen LogP) is 6.43. The van der Waals surface area contributed by atoms with Gasteiger partial charge in [0.25, 0.3) is 0 Å². The van der Waals surface area contributed by atoms with Crippen LogP contribution in [0.4, 0.5) is 0 Å². The standard InChI is InChI=1S/C32H44N2O5S2/c1-8-9-19-34(41(36,37)28-15-12-26(13-16-28)32(3,4)5)23-31(35)33(22-27-14-10-24(2)40-27)20-18-25-11-17-29(38-6)30(21-25)39-7/h10-17,21H,8-9,18-20,22-23H2,1-7H3. The van der Waals surface area contributed by atoms with Crippen LogP contribution in [0.15, 0.2) is 59.5 Å². The van der Waals surface area contributed by atoms with Crippen LogP contribution in [0.3, 0.4) is 0 Å². The first-order valence-corrected chi connectivity index (χ1v) is 16.3. The van der Waals surface area contributed by atoms with Crippen molar-refractivity contribution in [2.75, 3.05) is 33.9 Å². The number of unbranched alkanes of at least 4 members (excludes halogenated alkanes) is 1. The van der Waals surface area contributed by atoms with Gasteiger partial charge in [0, 0.05) is 22.8 Å². The van der Waals surface area contributed by atoms with Gasteiger partial charge in [-0.3, -0.25) is 4.79 Å². The zero-order chi connectivity index (χ0) is 30.2. The summed E-state index contributed by atoms with van der Waals surface area (Å²) in [6.07, 6.45) is 2.08. The molecule has 0 aliphatic carbocycles. The number of nitrogens with zero attached hydrogens (tertiary/aromatic N) is 2. The van der Waals surface area contributed by atoms with Crippen LogP contribution in [0.1, 0.15) is 61.4 Å². The van der Waals surface area contributed by atoms with Crippen molar-refractivity contribution in [3.05, 3.63) is 75.5 Å². The van der Waals surface area contributed by atoms with Crippen molar-refractivity contribution in [1.82, 2.24) is 9.21 Å². The van der Waals surface area contributed by atoms with Crippen LogP contribution in [0, 0.1) is 6.92 Å². The number of benzene rings is 2. The highest BCUT2D eigenvalue weighted by atomic mass is 32.2. The summed E-state index contributed by atoms with van der Waals surface area (Å²) >= 11 is 1.64. The molecule has 9 heteroatoms. The average molecular weight is 601 g/mol. The molecule has 1 aromatic heterocycles. The molecular weight excluding hydrogens is 556 g/mol. The van der Waals surface area contributed by atoms with E-state index in [4.69, 9.17) is 9.47 Å². The van der Waals surface area contributed by atoms with Crippen LogP contribution >= 0.6 is 11.3 Å². The van der Waals surface area contributed by atoms with Crippen LogP contribution < -0.4 is 9.47 Å². The summed E-state index contributed by atoms with van der Waals surface area (Å²) in [5.41, 5.74) is 1.96. The summed E-state index contributed by atoms with van der Waals surface area (Å²) < 4.78 is 39.7. The van der Waals surface area contributed by atoms with Gasteiger partial charge in [0.1, 0.15) is 0 Å². The van der Waals surface area contributed by atoms with Gasteiger partial charge >= 0.3 is 0 Å². The molecule has 41 heavy (non-hydrogen) atoms. The molecule has 3 rings (SSSR count). The number of rotatable bonds is 14. The minimum Gasteiger partial charge on any atom is -0.493 e. The lowest BCUT2D eigenvalue weighted by Crippen LogP contribution is -2.43. The van der Waals surface area contributed by atoms with Gasteiger partial charge in [-0.2, -0.15) is 4.31 Å². The summed E-state index contributed by atoms with van der Waals surface area (Å²) in [5.74, 6) is 1.05. The van der Waals surface area contributed by atoms with E-state index >= 15 is 0 Å². The molecule has 1 amide bonds. The van der Waals surface area contributed by atoms with E-state index in [1.165, 1.54) is 4.31 Å². The van der Waals surface area contributed by atoms with Crippen molar-refractivity contribution in [2.45, 2.75) is 70.7 Å². The van der Waals surface area contributed by atoms with Crippen molar-refractivity contribution in [1.29, 1.82) is 0 Å². The van der Waals surface area contributed by atoms with E-state index in [1.54, 1.807) is 42.6 Å². The maximum Gasteiger partial charge on any atom is 0.243 e. The average Bonchev–Trinajstić information content (AvgIpc) is 3.36. The number of methoxy groups -OCH3 is 2. The number of hydrogen-bond acceptors (Lipinski definition) is 6. The van der Waals surface area contributed by atoms with E-state index in [0.717, 1.165) is 27.3 Å². The molecule has 0 atom stereocenters. The van der Waals surface area contributed by atoms with Crippen molar-refractivity contribution < 1.29 is 22.7 Å². The monoisotopic (exact) mass is 600 g/mol. The summed E-state index contributed by atoms with van der Waals surface area (Å²) in [4.78, 5) is 18.0. The maximum atomic E-state index is 13.8.